The molecule has 0 saturated heterocycles. The third kappa shape index (κ3) is 2.63. The average Bonchev–Trinajstić information content (AvgIpc) is 3.21. The van der Waals surface area contributed by atoms with E-state index in [1.807, 2.05) is 0 Å². The molecule has 1 amide bonds. The molecule has 1 aliphatic carbocycles. The molecule has 1 aromatic carbocycles. The maximum Gasteiger partial charge on any atom is 0.299 e. The summed E-state index contributed by atoms with van der Waals surface area (Å²) in [5.74, 6) is -1.07. The number of rotatable bonds is 5. The minimum absolute atomic E-state index is 0.133. The van der Waals surface area contributed by atoms with Crippen molar-refractivity contribution < 1.29 is 14.7 Å². The van der Waals surface area contributed by atoms with Crippen molar-refractivity contribution in [1.82, 2.24) is 5.32 Å². The number of carbonyl (C=O) groups excluding carboxylic acids is 2. The lowest BCUT2D eigenvalue weighted by atomic mass is 10.1. The summed E-state index contributed by atoms with van der Waals surface area (Å²) in [5, 5.41) is 13.2. The molecule has 6 heteroatoms. The molecule has 1 heterocycles. The number of nitrogens with one attached hydrogen (secondary N) is 1. The van der Waals surface area contributed by atoms with E-state index in [1.54, 1.807) is 18.2 Å². The lowest BCUT2D eigenvalue weighted by Gasteiger charge is -2.21. The van der Waals surface area contributed by atoms with E-state index in [9.17, 15) is 14.7 Å². The minimum Gasteiger partial charge on any atom is -0.390 e. The fourth-order valence-corrected chi connectivity index (χ4v) is 2.66. The highest BCUT2D eigenvalue weighted by Crippen LogP contribution is 2.31. The van der Waals surface area contributed by atoms with Crippen LogP contribution in [0.15, 0.2) is 22.7 Å². The van der Waals surface area contributed by atoms with Crippen LogP contribution in [0.25, 0.3) is 0 Å². The Morgan fingerprint density at radius 3 is 2.85 bits per heavy atom. The van der Waals surface area contributed by atoms with Crippen molar-refractivity contribution in [2.45, 2.75) is 25.0 Å². The van der Waals surface area contributed by atoms with Gasteiger partial charge in [0.05, 0.1) is 23.9 Å². The number of amides is 1. The molecule has 3 rings (SSSR count). The SMILES string of the molecule is O=C1C(=O)N(CC(O)CNC2CC2)c2cc(Br)ccc21. The van der Waals surface area contributed by atoms with E-state index in [0.29, 0.717) is 23.8 Å². The van der Waals surface area contributed by atoms with E-state index < -0.39 is 17.8 Å². The van der Waals surface area contributed by atoms with E-state index in [0.717, 1.165) is 17.3 Å². The Balaban J connectivity index is 1.74. The van der Waals surface area contributed by atoms with E-state index >= 15 is 0 Å². The molecule has 0 spiro atoms. The van der Waals surface area contributed by atoms with Gasteiger partial charge in [-0.1, -0.05) is 15.9 Å². The van der Waals surface area contributed by atoms with Crippen LogP contribution in [0.2, 0.25) is 0 Å². The van der Waals surface area contributed by atoms with Gasteiger partial charge in [-0.05, 0) is 31.0 Å². The van der Waals surface area contributed by atoms with Gasteiger partial charge in [0.25, 0.3) is 11.7 Å². The predicted octanol–water partition coefficient (Wildman–Crippen LogP) is 1.09. The molecule has 0 radical (unpaired) electrons. The molecule has 1 aromatic rings. The minimum atomic E-state index is -0.683. The second kappa shape index (κ2) is 5.27. The number of fused-ring (bicyclic) bond motifs is 1. The number of benzene rings is 1. The van der Waals surface area contributed by atoms with Crippen LogP contribution in [0.4, 0.5) is 5.69 Å². The molecule has 20 heavy (non-hydrogen) atoms. The second-order valence-electron chi connectivity index (χ2n) is 5.24. The van der Waals surface area contributed by atoms with Crippen LogP contribution in [-0.2, 0) is 4.79 Å². The van der Waals surface area contributed by atoms with Crippen LogP contribution < -0.4 is 10.2 Å². The number of nitrogens with zero attached hydrogens (tertiary/aromatic N) is 1. The van der Waals surface area contributed by atoms with Crippen molar-refractivity contribution in [2.75, 3.05) is 18.0 Å². The quantitative estimate of drug-likeness (QED) is 0.788. The summed E-state index contributed by atoms with van der Waals surface area (Å²) in [4.78, 5) is 25.2. The molecule has 106 valence electrons. The number of hydrogen-bond donors (Lipinski definition) is 2. The van der Waals surface area contributed by atoms with Gasteiger partial charge in [0.15, 0.2) is 0 Å². The standard InChI is InChI=1S/C14H15BrN2O3/c15-8-1-4-11-12(5-8)17(14(20)13(11)19)7-10(18)6-16-9-2-3-9/h1,4-5,9-10,16,18H,2-3,6-7H2. The van der Waals surface area contributed by atoms with Crippen molar-refractivity contribution in [3.05, 3.63) is 28.2 Å². The summed E-state index contributed by atoms with van der Waals surface area (Å²) in [6.45, 7) is 0.569. The molecule has 1 aliphatic heterocycles. The first kappa shape index (κ1) is 13.7. The molecule has 0 bridgehead atoms. The van der Waals surface area contributed by atoms with Gasteiger partial charge in [-0.2, -0.15) is 0 Å². The zero-order valence-electron chi connectivity index (χ0n) is 10.8. The number of aliphatic hydroxyl groups excluding tert-OH is 1. The van der Waals surface area contributed by atoms with Gasteiger partial charge in [-0.25, -0.2) is 0 Å². The fourth-order valence-electron chi connectivity index (χ4n) is 2.31. The van der Waals surface area contributed by atoms with Crippen LogP contribution >= 0.6 is 15.9 Å². The molecular weight excluding hydrogens is 324 g/mol. The molecule has 1 atom stereocenters. The summed E-state index contributed by atoms with van der Waals surface area (Å²) in [6.07, 6.45) is 1.60. The highest BCUT2D eigenvalue weighted by Gasteiger charge is 2.36. The van der Waals surface area contributed by atoms with E-state index in [1.165, 1.54) is 4.90 Å². The van der Waals surface area contributed by atoms with E-state index in [4.69, 9.17) is 0 Å². The Hall–Kier alpha value is -1.24. The largest absolute Gasteiger partial charge is 0.390 e. The molecule has 1 unspecified atom stereocenters. The van der Waals surface area contributed by atoms with Crippen molar-refractivity contribution in [3.63, 3.8) is 0 Å². The highest BCUT2D eigenvalue weighted by atomic mass is 79.9. The molecule has 1 fully saturated rings. The summed E-state index contributed by atoms with van der Waals surface area (Å²) in [7, 11) is 0. The molecule has 2 aliphatic rings. The van der Waals surface area contributed by atoms with E-state index in [-0.39, 0.29) is 6.54 Å². The summed E-state index contributed by atoms with van der Waals surface area (Å²) < 4.78 is 0.800. The molecule has 0 aromatic heterocycles. The Labute approximate surface area is 125 Å². The maximum absolute atomic E-state index is 12.0. The summed E-state index contributed by atoms with van der Waals surface area (Å²) >= 11 is 3.33. The number of anilines is 1. The number of halogens is 1. The monoisotopic (exact) mass is 338 g/mol. The normalized spacial score (nSPS) is 19.4. The van der Waals surface area contributed by atoms with Gasteiger partial charge in [0, 0.05) is 17.1 Å². The number of β-amino-alcohol motifs (C(OH)–C–C–N with tert-alkyl or cyclic N) is 1. The van der Waals surface area contributed by atoms with Crippen molar-refractivity contribution in [2.24, 2.45) is 0 Å². The maximum atomic E-state index is 12.0. The van der Waals surface area contributed by atoms with Gasteiger partial charge < -0.3 is 15.3 Å². The number of Topliss-reactive ketones (excluding diaryl/α,β-unsaturated/α-hetero) is 1. The van der Waals surface area contributed by atoms with Crippen LogP contribution in [-0.4, -0.2) is 42.0 Å². The lowest BCUT2D eigenvalue weighted by Crippen LogP contribution is -2.41. The zero-order valence-corrected chi connectivity index (χ0v) is 12.4. The van der Waals surface area contributed by atoms with Crippen LogP contribution in [0, 0.1) is 0 Å². The topological polar surface area (TPSA) is 69.6 Å². The second-order valence-corrected chi connectivity index (χ2v) is 6.16. The summed E-state index contributed by atoms with van der Waals surface area (Å²) in [6, 6.07) is 5.61. The Morgan fingerprint density at radius 2 is 2.15 bits per heavy atom. The number of aliphatic hydroxyl groups is 1. The predicted molar refractivity (Wildman–Crippen MR) is 77.9 cm³/mol. The smallest absolute Gasteiger partial charge is 0.299 e. The molecular formula is C14H15BrN2O3. The Bertz CT molecular complexity index is 572. The number of hydrogen-bond acceptors (Lipinski definition) is 4. The van der Waals surface area contributed by atoms with Gasteiger partial charge in [0.2, 0.25) is 0 Å². The van der Waals surface area contributed by atoms with Crippen molar-refractivity contribution >= 4 is 33.3 Å². The first-order valence-electron chi connectivity index (χ1n) is 6.63. The first-order chi connectivity index (χ1) is 9.56. The molecule has 5 nitrogen and oxygen atoms in total. The van der Waals surface area contributed by atoms with Crippen molar-refractivity contribution in [3.8, 4) is 0 Å². The van der Waals surface area contributed by atoms with E-state index in [2.05, 4.69) is 21.2 Å². The third-order valence-electron chi connectivity index (χ3n) is 3.55. The number of ketones is 1. The van der Waals surface area contributed by atoms with Crippen LogP contribution in [0.1, 0.15) is 23.2 Å². The Kier molecular flexibility index (Phi) is 3.62. The van der Waals surface area contributed by atoms with Crippen LogP contribution in [0.5, 0.6) is 0 Å². The zero-order chi connectivity index (χ0) is 14.3. The van der Waals surface area contributed by atoms with Gasteiger partial charge in [-0.15, -0.1) is 0 Å². The fraction of sp³-hybridized carbons (Fsp3) is 0.429. The molecule has 2 N–H and O–H groups in total. The van der Waals surface area contributed by atoms with Crippen molar-refractivity contribution in [1.29, 1.82) is 0 Å². The lowest BCUT2D eigenvalue weighted by molar-refractivity contribution is -0.114. The molecule has 1 saturated carbocycles. The number of carbonyl (C=O) groups is 2. The summed E-state index contributed by atoms with van der Waals surface area (Å²) in [5.41, 5.74) is 0.973. The highest BCUT2D eigenvalue weighted by molar-refractivity contribution is 9.10. The van der Waals surface area contributed by atoms with Gasteiger partial charge in [0.1, 0.15) is 0 Å². The van der Waals surface area contributed by atoms with Crippen LogP contribution in [0.3, 0.4) is 0 Å². The Morgan fingerprint density at radius 1 is 1.40 bits per heavy atom. The third-order valence-corrected chi connectivity index (χ3v) is 4.04. The first-order valence-corrected chi connectivity index (χ1v) is 7.43. The van der Waals surface area contributed by atoms with Gasteiger partial charge in [-0.3, -0.25) is 9.59 Å². The van der Waals surface area contributed by atoms with Gasteiger partial charge >= 0.3 is 0 Å². The average molecular weight is 339 g/mol.